The summed E-state index contributed by atoms with van der Waals surface area (Å²) in [7, 11) is 2.18. The summed E-state index contributed by atoms with van der Waals surface area (Å²) in [6.45, 7) is 8.29. The van der Waals surface area contributed by atoms with E-state index < -0.39 is 0 Å². The molecule has 9 nitrogen and oxygen atoms in total. The molecule has 3 aliphatic heterocycles. The van der Waals surface area contributed by atoms with Crippen LogP contribution in [0.25, 0.3) is 0 Å². The second kappa shape index (κ2) is 9.38. The van der Waals surface area contributed by atoms with Crippen molar-refractivity contribution >= 4 is 34.8 Å². The van der Waals surface area contributed by atoms with Crippen LogP contribution in [0, 0.1) is 11.3 Å². The lowest BCUT2D eigenvalue weighted by atomic mass is 9.77. The Morgan fingerprint density at radius 2 is 1.87 bits per heavy atom. The first-order valence-corrected chi connectivity index (χ1v) is 11.3. The van der Waals surface area contributed by atoms with E-state index in [1.165, 1.54) is 24.3 Å². The average Bonchev–Trinajstić information content (AvgIpc) is 3.42. The van der Waals surface area contributed by atoms with Gasteiger partial charge in [-0.2, -0.15) is 0 Å². The van der Waals surface area contributed by atoms with E-state index in [-0.39, 0.29) is 24.2 Å². The smallest absolute Gasteiger partial charge is 0.290 e. The minimum Gasteiger partial charge on any atom is -0.483 e. The highest BCUT2D eigenvalue weighted by Gasteiger charge is 2.43. The van der Waals surface area contributed by atoms with Crippen LogP contribution >= 0.6 is 11.3 Å². The van der Waals surface area contributed by atoms with Gasteiger partial charge in [-0.15, -0.1) is 10.2 Å². The van der Waals surface area contributed by atoms with Crippen molar-refractivity contribution in [2.45, 2.75) is 45.4 Å². The molecule has 3 aliphatic rings. The van der Waals surface area contributed by atoms with Crippen LogP contribution < -0.4 is 4.90 Å². The van der Waals surface area contributed by atoms with Crippen molar-refractivity contribution in [2.75, 3.05) is 44.7 Å². The zero-order valence-corrected chi connectivity index (χ0v) is 18.7. The van der Waals surface area contributed by atoms with Crippen molar-refractivity contribution in [3.8, 4) is 0 Å². The molecule has 1 aromatic rings. The number of carboxylic acid groups (broad SMARTS) is 1. The lowest BCUT2D eigenvalue weighted by Crippen LogP contribution is -2.46. The van der Waals surface area contributed by atoms with Gasteiger partial charge in [-0.05, 0) is 38.3 Å². The lowest BCUT2D eigenvalue weighted by molar-refractivity contribution is -0.138. The number of likely N-dealkylation sites (tertiary alicyclic amines) is 2. The third kappa shape index (κ3) is 4.80. The molecular weight excluding hydrogens is 406 g/mol. The second-order valence-electron chi connectivity index (χ2n) is 8.90. The Morgan fingerprint density at radius 3 is 2.40 bits per heavy atom. The fourth-order valence-corrected chi connectivity index (χ4v) is 5.53. The molecule has 0 saturated carbocycles. The fraction of sp³-hybridized carbons (Fsp3) is 0.750. The summed E-state index contributed by atoms with van der Waals surface area (Å²) >= 11 is 1.46. The topological polar surface area (TPSA) is 107 Å². The third-order valence-electron chi connectivity index (χ3n) is 6.39. The van der Waals surface area contributed by atoms with Gasteiger partial charge in [-0.3, -0.25) is 19.3 Å². The maximum absolute atomic E-state index is 13.0. The third-order valence-corrected chi connectivity index (χ3v) is 7.64. The highest BCUT2D eigenvalue weighted by molar-refractivity contribution is 7.15. The molecule has 0 bridgehead atoms. The summed E-state index contributed by atoms with van der Waals surface area (Å²) in [5.74, 6) is 0.178. The quantitative estimate of drug-likeness (QED) is 0.717. The van der Waals surface area contributed by atoms with Crippen LogP contribution in [-0.4, -0.2) is 83.2 Å². The molecule has 3 saturated heterocycles. The molecule has 2 amide bonds. The molecule has 30 heavy (non-hydrogen) atoms. The van der Waals surface area contributed by atoms with Gasteiger partial charge in [0.2, 0.25) is 16.9 Å². The van der Waals surface area contributed by atoms with E-state index in [9.17, 15) is 9.59 Å². The van der Waals surface area contributed by atoms with Crippen molar-refractivity contribution in [1.29, 1.82) is 0 Å². The number of hydrogen-bond acceptors (Lipinski definition) is 7. The number of amides is 2. The molecule has 0 radical (unpaired) electrons. The number of carbonyl (C=O) groups excluding carboxylic acids is 2. The Morgan fingerprint density at radius 1 is 1.23 bits per heavy atom. The van der Waals surface area contributed by atoms with E-state index in [0.717, 1.165) is 37.5 Å². The molecule has 1 spiro atoms. The van der Waals surface area contributed by atoms with Crippen LogP contribution in [0.2, 0.25) is 0 Å². The monoisotopic (exact) mass is 437 g/mol. The Balaban J connectivity index is 0.000000806. The molecule has 4 rings (SSSR count). The molecule has 1 atom stereocenters. The molecule has 0 aliphatic carbocycles. The Labute approximate surface area is 181 Å². The van der Waals surface area contributed by atoms with Crippen LogP contribution in [0.3, 0.4) is 0 Å². The van der Waals surface area contributed by atoms with Gasteiger partial charge in [-0.25, -0.2) is 0 Å². The van der Waals surface area contributed by atoms with Crippen LogP contribution in [0.5, 0.6) is 0 Å². The second-order valence-corrected chi connectivity index (χ2v) is 9.89. The van der Waals surface area contributed by atoms with E-state index >= 15 is 0 Å². The van der Waals surface area contributed by atoms with Crippen LogP contribution in [-0.2, 0) is 14.4 Å². The van der Waals surface area contributed by atoms with E-state index in [1.54, 1.807) is 4.90 Å². The maximum atomic E-state index is 13.0. The van der Waals surface area contributed by atoms with E-state index in [2.05, 4.69) is 36.0 Å². The highest BCUT2D eigenvalue weighted by Crippen LogP contribution is 2.40. The minimum atomic E-state index is -0.250. The SMILES string of the molecule is CC(C)c1nnc(N2CC(C(=O)N3CCC4(CCN(C)C4)CC3)CC2=O)s1.O=CO. The number of aromatic nitrogens is 2. The lowest BCUT2D eigenvalue weighted by Gasteiger charge is -2.40. The summed E-state index contributed by atoms with van der Waals surface area (Å²) in [6, 6.07) is 0. The van der Waals surface area contributed by atoms with Gasteiger partial charge in [0, 0.05) is 38.5 Å². The average molecular weight is 438 g/mol. The minimum absolute atomic E-state index is 0.00861. The van der Waals surface area contributed by atoms with E-state index in [1.807, 2.05) is 4.90 Å². The number of carbonyl (C=O) groups is 3. The van der Waals surface area contributed by atoms with Crippen molar-refractivity contribution < 1.29 is 19.5 Å². The van der Waals surface area contributed by atoms with Crippen molar-refractivity contribution in [1.82, 2.24) is 20.0 Å². The van der Waals surface area contributed by atoms with Crippen molar-refractivity contribution in [2.24, 2.45) is 11.3 Å². The van der Waals surface area contributed by atoms with Gasteiger partial charge in [0.1, 0.15) is 5.01 Å². The number of anilines is 1. The predicted molar refractivity (Wildman–Crippen MR) is 114 cm³/mol. The normalized spacial score (nSPS) is 23.7. The summed E-state index contributed by atoms with van der Waals surface area (Å²) in [5, 5.41) is 16.8. The molecule has 1 aromatic heterocycles. The Bertz CT molecular complexity index is 775. The molecule has 1 N–H and O–H groups in total. The summed E-state index contributed by atoms with van der Waals surface area (Å²) in [5.41, 5.74) is 0.406. The maximum Gasteiger partial charge on any atom is 0.290 e. The van der Waals surface area contributed by atoms with Gasteiger partial charge in [0.15, 0.2) is 0 Å². The summed E-state index contributed by atoms with van der Waals surface area (Å²) < 4.78 is 0. The highest BCUT2D eigenvalue weighted by atomic mass is 32.1. The zero-order valence-electron chi connectivity index (χ0n) is 17.9. The molecule has 166 valence electrons. The molecule has 0 aromatic carbocycles. The first-order chi connectivity index (χ1) is 14.3. The summed E-state index contributed by atoms with van der Waals surface area (Å²) in [6.07, 6.45) is 3.71. The number of nitrogens with zero attached hydrogens (tertiary/aromatic N) is 5. The number of hydrogen-bond donors (Lipinski definition) is 1. The Kier molecular flexibility index (Phi) is 7.07. The largest absolute Gasteiger partial charge is 0.483 e. The van der Waals surface area contributed by atoms with Crippen molar-refractivity contribution in [3.63, 3.8) is 0 Å². The fourth-order valence-electron chi connectivity index (χ4n) is 4.65. The Hall–Kier alpha value is -2.07. The van der Waals surface area contributed by atoms with Crippen LogP contribution in [0.4, 0.5) is 5.13 Å². The first-order valence-electron chi connectivity index (χ1n) is 10.5. The van der Waals surface area contributed by atoms with Gasteiger partial charge in [0.05, 0.1) is 5.92 Å². The van der Waals surface area contributed by atoms with Crippen LogP contribution in [0.15, 0.2) is 0 Å². The molecule has 10 heteroatoms. The molecule has 3 fully saturated rings. The van der Waals surface area contributed by atoms with Crippen LogP contribution in [0.1, 0.15) is 50.5 Å². The van der Waals surface area contributed by atoms with Gasteiger partial charge >= 0.3 is 0 Å². The number of piperidine rings is 1. The first kappa shape index (κ1) is 22.6. The van der Waals surface area contributed by atoms with Gasteiger partial charge < -0.3 is 14.9 Å². The molecule has 4 heterocycles. The summed E-state index contributed by atoms with van der Waals surface area (Å²) in [4.78, 5) is 39.9. The van der Waals surface area contributed by atoms with E-state index in [4.69, 9.17) is 9.90 Å². The zero-order chi connectivity index (χ0) is 21.9. The molecular formula is C20H31N5O4S. The molecule has 1 unspecified atom stereocenters. The standard InChI is InChI=1S/C19H29N5O2S.CH2O2/c1-13(2)16-20-21-18(27-16)24-11-14(10-15(24)25)17(26)23-8-5-19(6-9-23)4-7-22(3)12-19;2-1-3/h13-14H,4-12H2,1-3H3;1H,(H,2,3). The number of rotatable bonds is 3. The predicted octanol–water partition coefficient (Wildman–Crippen LogP) is 1.66. The van der Waals surface area contributed by atoms with Gasteiger partial charge in [0.25, 0.3) is 6.47 Å². The van der Waals surface area contributed by atoms with Crippen molar-refractivity contribution in [3.05, 3.63) is 5.01 Å². The van der Waals surface area contributed by atoms with Gasteiger partial charge in [-0.1, -0.05) is 25.2 Å². The van der Waals surface area contributed by atoms with E-state index in [0.29, 0.717) is 29.4 Å².